The molecule has 4 amide bonds. The van der Waals surface area contributed by atoms with Crippen LogP contribution < -0.4 is 10.7 Å². The van der Waals surface area contributed by atoms with Gasteiger partial charge in [-0.3, -0.25) is 15.0 Å². The largest absolute Gasteiger partial charge is 0.441 e. The molecule has 1 saturated carbocycles. The second-order valence-electron chi connectivity index (χ2n) is 7.23. The zero-order valence-corrected chi connectivity index (χ0v) is 15.4. The zero-order chi connectivity index (χ0) is 19.6. The highest BCUT2D eigenvalue weighted by Gasteiger charge is 2.52. The van der Waals surface area contributed by atoms with Crippen LogP contribution in [0.4, 0.5) is 4.79 Å². The Morgan fingerprint density at radius 2 is 1.93 bits per heavy atom. The maximum Gasteiger partial charge on any atom is 0.344 e. The third kappa shape index (κ3) is 3.49. The monoisotopic (exact) mass is 382 g/mol. The lowest BCUT2D eigenvalue weighted by molar-refractivity contribution is -0.139. The Morgan fingerprint density at radius 3 is 2.68 bits per heavy atom. The molecule has 1 saturated heterocycles. The van der Waals surface area contributed by atoms with Crippen LogP contribution in [0.2, 0.25) is 0 Å². The minimum absolute atomic E-state index is 0.0544. The number of aromatic nitrogens is 1. The predicted octanol–water partition coefficient (Wildman–Crippen LogP) is 2.56. The summed E-state index contributed by atoms with van der Waals surface area (Å²) in [5.74, 6) is 0.253. The summed E-state index contributed by atoms with van der Waals surface area (Å²) in [5.41, 5.74) is 2.48. The van der Waals surface area contributed by atoms with Gasteiger partial charge in [0.1, 0.15) is 5.54 Å². The number of hydrogen-bond donors (Lipinski definition) is 2. The molecule has 146 valence electrons. The highest BCUT2D eigenvalue weighted by Crippen LogP contribution is 2.33. The third-order valence-corrected chi connectivity index (χ3v) is 5.28. The van der Waals surface area contributed by atoms with Crippen LogP contribution in [0.5, 0.6) is 0 Å². The molecule has 1 aromatic heterocycles. The van der Waals surface area contributed by atoms with Crippen LogP contribution in [0.3, 0.4) is 0 Å². The summed E-state index contributed by atoms with van der Waals surface area (Å²) in [7, 11) is 0. The van der Waals surface area contributed by atoms with Gasteiger partial charge in [-0.05, 0) is 12.8 Å². The van der Waals surface area contributed by atoms with Gasteiger partial charge in [0.25, 0.3) is 5.91 Å². The fraction of sp³-hybridized carbons (Fsp3) is 0.400. The molecule has 0 atom stereocenters. The van der Waals surface area contributed by atoms with E-state index >= 15 is 0 Å². The molecule has 0 bridgehead atoms. The van der Waals surface area contributed by atoms with Gasteiger partial charge < -0.3 is 9.73 Å². The highest BCUT2D eigenvalue weighted by atomic mass is 16.4. The topological polar surface area (TPSA) is 105 Å². The number of hydrogen-bond acceptors (Lipinski definition) is 5. The molecule has 8 nitrogen and oxygen atoms in total. The SMILES string of the molecule is O=C(CCc1ncc(-c2ccccc2)o1)NN1C(=O)NC2(CCCCC2)C1=O. The van der Waals surface area contributed by atoms with Crippen LogP contribution in [-0.4, -0.2) is 33.4 Å². The van der Waals surface area contributed by atoms with E-state index in [0.29, 0.717) is 24.5 Å². The number of carbonyl (C=O) groups excluding carboxylic acids is 3. The minimum atomic E-state index is -0.851. The van der Waals surface area contributed by atoms with E-state index in [-0.39, 0.29) is 18.7 Å². The van der Waals surface area contributed by atoms with Crippen molar-refractivity contribution in [2.75, 3.05) is 0 Å². The smallest absolute Gasteiger partial charge is 0.344 e. The molecule has 2 heterocycles. The summed E-state index contributed by atoms with van der Waals surface area (Å²) in [6.07, 6.45) is 6.01. The number of urea groups is 1. The molecule has 2 fully saturated rings. The average Bonchev–Trinajstić information content (AvgIpc) is 3.27. The number of hydrazine groups is 1. The van der Waals surface area contributed by atoms with Crippen molar-refractivity contribution in [3.63, 3.8) is 0 Å². The van der Waals surface area contributed by atoms with Crippen molar-refractivity contribution in [3.8, 4) is 11.3 Å². The Hall–Kier alpha value is -3.16. The molecule has 2 aromatic rings. The summed E-state index contributed by atoms with van der Waals surface area (Å²) in [5, 5.41) is 3.58. The predicted molar refractivity (Wildman–Crippen MR) is 99.6 cm³/mol. The van der Waals surface area contributed by atoms with Crippen molar-refractivity contribution >= 4 is 17.8 Å². The van der Waals surface area contributed by atoms with Crippen molar-refractivity contribution in [2.45, 2.75) is 50.5 Å². The molecule has 1 aliphatic heterocycles. The average molecular weight is 382 g/mol. The van der Waals surface area contributed by atoms with Crippen molar-refractivity contribution in [1.29, 1.82) is 0 Å². The molecule has 1 aliphatic carbocycles. The fourth-order valence-electron chi connectivity index (χ4n) is 3.78. The van der Waals surface area contributed by atoms with E-state index in [0.717, 1.165) is 29.8 Å². The Labute approximate surface area is 162 Å². The highest BCUT2D eigenvalue weighted by molar-refractivity contribution is 6.08. The minimum Gasteiger partial charge on any atom is -0.441 e. The van der Waals surface area contributed by atoms with Gasteiger partial charge in [-0.2, -0.15) is 5.01 Å². The van der Waals surface area contributed by atoms with Gasteiger partial charge in [-0.25, -0.2) is 9.78 Å². The second-order valence-corrected chi connectivity index (χ2v) is 7.23. The van der Waals surface area contributed by atoms with Crippen molar-refractivity contribution in [2.24, 2.45) is 0 Å². The van der Waals surface area contributed by atoms with Crippen LogP contribution in [0, 0.1) is 0 Å². The molecular weight excluding hydrogens is 360 g/mol. The number of nitrogens with one attached hydrogen (secondary N) is 2. The van der Waals surface area contributed by atoms with Crippen LogP contribution in [-0.2, 0) is 16.0 Å². The molecule has 1 spiro atoms. The van der Waals surface area contributed by atoms with E-state index in [2.05, 4.69) is 15.7 Å². The molecule has 0 radical (unpaired) electrons. The number of imide groups is 1. The quantitative estimate of drug-likeness (QED) is 0.774. The van der Waals surface area contributed by atoms with Gasteiger partial charge in [0, 0.05) is 18.4 Å². The molecule has 28 heavy (non-hydrogen) atoms. The summed E-state index contributed by atoms with van der Waals surface area (Å²) in [6.45, 7) is 0. The summed E-state index contributed by atoms with van der Waals surface area (Å²) >= 11 is 0. The van der Waals surface area contributed by atoms with E-state index in [4.69, 9.17) is 4.42 Å². The summed E-state index contributed by atoms with van der Waals surface area (Å²) < 4.78 is 5.67. The van der Waals surface area contributed by atoms with E-state index in [9.17, 15) is 14.4 Å². The van der Waals surface area contributed by atoms with E-state index in [1.54, 1.807) is 6.20 Å². The van der Waals surface area contributed by atoms with Crippen LogP contribution >= 0.6 is 0 Å². The Kier molecular flexibility index (Phi) is 4.85. The Bertz CT molecular complexity index is 887. The number of carbonyl (C=O) groups is 3. The van der Waals surface area contributed by atoms with Crippen LogP contribution in [0.25, 0.3) is 11.3 Å². The van der Waals surface area contributed by atoms with E-state index < -0.39 is 17.5 Å². The normalized spacial score (nSPS) is 18.4. The van der Waals surface area contributed by atoms with E-state index in [1.165, 1.54) is 0 Å². The second kappa shape index (κ2) is 7.46. The first-order valence-corrected chi connectivity index (χ1v) is 9.54. The van der Waals surface area contributed by atoms with Gasteiger partial charge in [0.05, 0.1) is 6.20 Å². The first-order valence-electron chi connectivity index (χ1n) is 9.54. The number of amides is 4. The lowest BCUT2D eigenvalue weighted by atomic mass is 9.82. The van der Waals surface area contributed by atoms with Crippen LogP contribution in [0.15, 0.2) is 40.9 Å². The lowest BCUT2D eigenvalue weighted by Crippen LogP contribution is -2.51. The maximum atomic E-state index is 12.7. The Morgan fingerprint density at radius 1 is 1.18 bits per heavy atom. The van der Waals surface area contributed by atoms with Gasteiger partial charge in [-0.1, -0.05) is 49.6 Å². The summed E-state index contributed by atoms with van der Waals surface area (Å²) in [6, 6.07) is 8.98. The van der Waals surface area contributed by atoms with Crippen molar-refractivity contribution in [3.05, 3.63) is 42.4 Å². The van der Waals surface area contributed by atoms with Gasteiger partial charge in [-0.15, -0.1) is 0 Å². The van der Waals surface area contributed by atoms with Crippen molar-refractivity contribution in [1.82, 2.24) is 20.7 Å². The maximum absolute atomic E-state index is 12.7. The zero-order valence-electron chi connectivity index (χ0n) is 15.4. The molecule has 2 N–H and O–H groups in total. The number of oxazole rings is 1. The molecular formula is C20H22N4O4. The Balaban J connectivity index is 1.33. The van der Waals surface area contributed by atoms with Gasteiger partial charge in [0.15, 0.2) is 11.7 Å². The molecule has 2 aliphatic rings. The first-order chi connectivity index (χ1) is 13.6. The van der Waals surface area contributed by atoms with E-state index in [1.807, 2.05) is 30.3 Å². The fourth-order valence-corrected chi connectivity index (χ4v) is 3.78. The van der Waals surface area contributed by atoms with Crippen molar-refractivity contribution < 1.29 is 18.8 Å². The first kappa shape index (κ1) is 18.2. The van der Waals surface area contributed by atoms with Crippen LogP contribution in [0.1, 0.15) is 44.4 Å². The third-order valence-electron chi connectivity index (χ3n) is 5.28. The lowest BCUT2D eigenvalue weighted by Gasteiger charge is -2.30. The van der Waals surface area contributed by atoms with Gasteiger partial charge in [0.2, 0.25) is 5.91 Å². The summed E-state index contributed by atoms with van der Waals surface area (Å²) in [4.78, 5) is 41.3. The molecule has 8 heteroatoms. The molecule has 1 aromatic carbocycles. The molecule has 4 rings (SSSR count). The molecule has 0 unspecified atom stereocenters. The number of nitrogens with zero attached hydrogens (tertiary/aromatic N) is 2. The number of rotatable bonds is 5. The number of benzene rings is 1. The van der Waals surface area contributed by atoms with Gasteiger partial charge >= 0.3 is 6.03 Å². The number of aryl methyl sites for hydroxylation is 1. The standard InChI is InChI=1S/C20H22N4O4/c25-16(9-10-17-21-13-15(28-17)14-7-3-1-4-8-14)23-24-18(26)20(22-19(24)27)11-5-2-6-12-20/h1,3-4,7-8,13H,2,5-6,9-12H2,(H,22,27)(H,23,25).